The second-order valence-electron chi connectivity index (χ2n) is 4.67. The number of hydrogen-bond donors (Lipinski definition) is 1. The average Bonchev–Trinajstić information content (AvgIpc) is 2.28. The summed E-state index contributed by atoms with van der Waals surface area (Å²) >= 11 is 0. The van der Waals surface area contributed by atoms with Crippen LogP contribution < -0.4 is 5.32 Å². The number of alkyl halides is 3. The molecule has 4 heteroatoms. The third-order valence-electron chi connectivity index (χ3n) is 3.26. The summed E-state index contributed by atoms with van der Waals surface area (Å²) in [5, 5.41) is 3.41. The van der Waals surface area contributed by atoms with E-state index in [-0.39, 0.29) is 6.04 Å². The van der Waals surface area contributed by atoms with Crippen LogP contribution in [-0.4, -0.2) is 6.04 Å². The van der Waals surface area contributed by atoms with Crippen LogP contribution in [0.4, 0.5) is 13.2 Å². The molecule has 94 valence electrons. The lowest BCUT2D eigenvalue weighted by molar-refractivity contribution is -0.137. The van der Waals surface area contributed by atoms with Crippen molar-refractivity contribution in [2.75, 3.05) is 0 Å². The maximum atomic E-state index is 12.4. The first-order valence-electron chi connectivity index (χ1n) is 5.90. The van der Waals surface area contributed by atoms with Crippen LogP contribution in [-0.2, 0) is 6.18 Å². The van der Waals surface area contributed by atoms with Crippen molar-refractivity contribution in [1.29, 1.82) is 0 Å². The van der Waals surface area contributed by atoms with Gasteiger partial charge in [0.1, 0.15) is 0 Å². The van der Waals surface area contributed by atoms with E-state index < -0.39 is 11.7 Å². The molecule has 0 amide bonds. The van der Waals surface area contributed by atoms with E-state index in [1.165, 1.54) is 0 Å². The fourth-order valence-corrected chi connectivity index (χ4v) is 2.31. The normalized spacial score (nSPS) is 25.9. The smallest absolute Gasteiger partial charge is 0.307 e. The predicted octanol–water partition coefficient (Wildman–Crippen LogP) is 3.91. The minimum Gasteiger partial charge on any atom is -0.307 e. The molecular weight excluding hydrogens is 227 g/mol. The number of benzene rings is 1. The molecule has 0 spiro atoms. The van der Waals surface area contributed by atoms with Crippen molar-refractivity contribution in [2.45, 2.75) is 44.4 Å². The summed E-state index contributed by atoms with van der Waals surface area (Å²) in [7, 11) is 0. The topological polar surface area (TPSA) is 12.0 Å². The van der Waals surface area contributed by atoms with Crippen LogP contribution in [0.25, 0.3) is 0 Å². The van der Waals surface area contributed by atoms with Gasteiger partial charge < -0.3 is 5.32 Å². The van der Waals surface area contributed by atoms with Crippen molar-refractivity contribution >= 4 is 0 Å². The molecule has 0 saturated carbocycles. The fraction of sp³-hybridized carbons (Fsp3) is 0.538. The monoisotopic (exact) mass is 243 g/mol. The third-order valence-corrected chi connectivity index (χ3v) is 3.26. The molecule has 1 aliphatic heterocycles. The van der Waals surface area contributed by atoms with Gasteiger partial charge in [-0.15, -0.1) is 0 Å². The van der Waals surface area contributed by atoms with E-state index in [9.17, 15) is 13.2 Å². The Morgan fingerprint density at radius 2 is 1.76 bits per heavy atom. The van der Waals surface area contributed by atoms with E-state index in [2.05, 4.69) is 12.2 Å². The number of halogens is 3. The lowest BCUT2D eigenvalue weighted by atomic mass is 9.93. The Bertz CT molecular complexity index is 369. The van der Waals surface area contributed by atoms with Gasteiger partial charge in [-0.3, -0.25) is 0 Å². The molecule has 0 bridgehead atoms. The van der Waals surface area contributed by atoms with Crippen molar-refractivity contribution in [1.82, 2.24) is 5.32 Å². The Labute approximate surface area is 99.0 Å². The van der Waals surface area contributed by atoms with Gasteiger partial charge in [0.15, 0.2) is 0 Å². The van der Waals surface area contributed by atoms with Crippen LogP contribution >= 0.6 is 0 Å². The van der Waals surface area contributed by atoms with Crippen molar-refractivity contribution in [3.05, 3.63) is 35.4 Å². The molecule has 1 fully saturated rings. The number of hydrogen-bond acceptors (Lipinski definition) is 1. The molecule has 1 saturated heterocycles. The van der Waals surface area contributed by atoms with E-state index in [0.29, 0.717) is 6.04 Å². The zero-order chi connectivity index (χ0) is 12.5. The Balaban J connectivity index is 2.12. The van der Waals surface area contributed by atoms with Gasteiger partial charge in [0.2, 0.25) is 0 Å². The summed E-state index contributed by atoms with van der Waals surface area (Å²) in [6.07, 6.45) is -0.988. The quantitative estimate of drug-likeness (QED) is 0.788. The molecule has 2 rings (SSSR count). The lowest BCUT2D eigenvalue weighted by Crippen LogP contribution is -2.34. The number of nitrogens with one attached hydrogen (secondary N) is 1. The van der Waals surface area contributed by atoms with Crippen molar-refractivity contribution in [2.24, 2.45) is 0 Å². The first-order valence-corrected chi connectivity index (χ1v) is 5.90. The van der Waals surface area contributed by atoms with Crippen LogP contribution in [0.15, 0.2) is 24.3 Å². The van der Waals surface area contributed by atoms with Gasteiger partial charge in [-0.25, -0.2) is 0 Å². The van der Waals surface area contributed by atoms with Crippen molar-refractivity contribution in [3.8, 4) is 0 Å². The zero-order valence-corrected chi connectivity index (χ0v) is 9.72. The maximum absolute atomic E-state index is 12.4. The zero-order valence-electron chi connectivity index (χ0n) is 9.72. The molecule has 0 radical (unpaired) electrons. The van der Waals surface area contributed by atoms with Gasteiger partial charge in [0, 0.05) is 12.1 Å². The van der Waals surface area contributed by atoms with Gasteiger partial charge in [0.05, 0.1) is 5.56 Å². The standard InChI is InChI=1S/C13H16F3N/c1-9-3-2-4-12(17-9)10-5-7-11(8-6-10)13(14,15)16/h5-9,12,17H,2-4H2,1H3. The van der Waals surface area contributed by atoms with Crippen LogP contribution in [0, 0.1) is 0 Å². The molecular formula is C13H16F3N. The average molecular weight is 243 g/mol. The second kappa shape index (κ2) is 4.69. The Kier molecular flexibility index (Phi) is 3.43. The van der Waals surface area contributed by atoms with Gasteiger partial charge in [-0.1, -0.05) is 18.6 Å². The Morgan fingerprint density at radius 1 is 1.12 bits per heavy atom. The van der Waals surface area contributed by atoms with Gasteiger partial charge in [-0.2, -0.15) is 13.2 Å². The highest BCUT2D eigenvalue weighted by Gasteiger charge is 2.30. The van der Waals surface area contributed by atoms with Crippen LogP contribution in [0.3, 0.4) is 0 Å². The van der Waals surface area contributed by atoms with E-state index >= 15 is 0 Å². The summed E-state index contributed by atoms with van der Waals surface area (Å²) in [5.74, 6) is 0. The summed E-state index contributed by atoms with van der Waals surface area (Å²) in [4.78, 5) is 0. The highest BCUT2D eigenvalue weighted by Crippen LogP contribution is 2.31. The van der Waals surface area contributed by atoms with E-state index in [1.807, 2.05) is 0 Å². The van der Waals surface area contributed by atoms with Gasteiger partial charge in [-0.05, 0) is 37.5 Å². The SMILES string of the molecule is CC1CCCC(c2ccc(C(F)(F)F)cc2)N1. The highest BCUT2D eigenvalue weighted by molar-refractivity contribution is 5.27. The molecule has 17 heavy (non-hydrogen) atoms. The second-order valence-corrected chi connectivity index (χ2v) is 4.67. The Hall–Kier alpha value is -1.03. The lowest BCUT2D eigenvalue weighted by Gasteiger charge is -2.29. The van der Waals surface area contributed by atoms with E-state index in [1.54, 1.807) is 12.1 Å². The van der Waals surface area contributed by atoms with Crippen LogP contribution in [0.5, 0.6) is 0 Å². The first kappa shape index (κ1) is 12.4. The Morgan fingerprint density at radius 3 is 2.29 bits per heavy atom. The van der Waals surface area contributed by atoms with Crippen molar-refractivity contribution in [3.63, 3.8) is 0 Å². The molecule has 1 aromatic carbocycles. The van der Waals surface area contributed by atoms with Crippen molar-refractivity contribution < 1.29 is 13.2 Å². The van der Waals surface area contributed by atoms with E-state index in [0.717, 1.165) is 37.0 Å². The molecule has 2 unspecified atom stereocenters. The molecule has 1 aliphatic rings. The first-order chi connectivity index (χ1) is 7.97. The third kappa shape index (κ3) is 3.00. The number of piperidine rings is 1. The molecule has 2 atom stereocenters. The molecule has 0 aliphatic carbocycles. The van der Waals surface area contributed by atoms with Crippen LogP contribution in [0.1, 0.15) is 43.4 Å². The minimum atomic E-state index is -4.24. The van der Waals surface area contributed by atoms with Crippen LogP contribution in [0.2, 0.25) is 0 Å². The molecule has 1 aromatic rings. The van der Waals surface area contributed by atoms with Gasteiger partial charge in [0.25, 0.3) is 0 Å². The molecule has 0 aromatic heterocycles. The predicted molar refractivity (Wildman–Crippen MR) is 60.6 cm³/mol. The van der Waals surface area contributed by atoms with Gasteiger partial charge >= 0.3 is 6.18 Å². The highest BCUT2D eigenvalue weighted by atomic mass is 19.4. The van der Waals surface area contributed by atoms with E-state index in [4.69, 9.17) is 0 Å². The fourth-order valence-electron chi connectivity index (χ4n) is 2.31. The maximum Gasteiger partial charge on any atom is 0.416 e. The minimum absolute atomic E-state index is 0.195. The summed E-state index contributed by atoms with van der Waals surface area (Å²) < 4.78 is 37.2. The number of rotatable bonds is 1. The summed E-state index contributed by atoms with van der Waals surface area (Å²) in [5.41, 5.74) is 0.370. The molecule has 1 nitrogen and oxygen atoms in total. The molecule has 1 heterocycles. The summed E-state index contributed by atoms with van der Waals surface area (Å²) in [6, 6.07) is 6.13. The largest absolute Gasteiger partial charge is 0.416 e. The summed E-state index contributed by atoms with van der Waals surface area (Å²) in [6.45, 7) is 2.11. The molecule has 1 N–H and O–H groups in total.